The summed E-state index contributed by atoms with van der Waals surface area (Å²) >= 11 is 0. The zero-order chi connectivity index (χ0) is 20.3. The summed E-state index contributed by atoms with van der Waals surface area (Å²) in [5, 5.41) is 8.88. The number of esters is 1. The number of unbranched alkanes of at least 4 members (excludes halogenated alkanes) is 1. The molecule has 28 heavy (non-hydrogen) atoms. The quantitative estimate of drug-likeness (QED) is 0.566. The van der Waals surface area contributed by atoms with E-state index in [1.807, 2.05) is 13.0 Å². The predicted molar refractivity (Wildman–Crippen MR) is 97.0 cm³/mol. The molecule has 0 radical (unpaired) electrons. The molecule has 1 heterocycles. The minimum atomic E-state index is -0.753. The molecule has 3 rings (SSSR count). The maximum Gasteiger partial charge on any atom is 0.338 e. The van der Waals surface area contributed by atoms with Gasteiger partial charge in [0, 0.05) is 12.1 Å². The van der Waals surface area contributed by atoms with Crippen molar-refractivity contribution >= 4 is 17.8 Å². The highest BCUT2D eigenvalue weighted by Gasteiger charge is 2.35. The molecule has 2 aromatic carbocycles. The van der Waals surface area contributed by atoms with E-state index < -0.39 is 17.7 Å². The Morgan fingerprint density at radius 2 is 1.89 bits per heavy atom. The summed E-state index contributed by atoms with van der Waals surface area (Å²) in [7, 11) is 0. The Balaban J connectivity index is 1.75. The number of hydrogen-bond donors (Lipinski definition) is 0. The van der Waals surface area contributed by atoms with Gasteiger partial charge in [0.25, 0.3) is 11.8 Å². The first-order valence-electron chi connectivity index (χ1n) is 8.82. The second kappa shape index (κ2) is 8.01. The lowest BCUT2D eigenvalue weighted by Crippen LogP contribution is -2.30. The molecule has 1 aliphatic rings. The lowest BCUT2D eigenvalue weighted by Gasteiger charge is -2.12. The molecule has 6 nitrogen and oxygen atoms in total. The van der Waals surface area contributed by atoms with Crippen LogP contribution in [-0.2, 0) is 11.3 Å². The molecule has 0 unspecified atom stereocenters. The van der Waals surface area contributed by atoms with E-state index in [9.17, 15) is 18.8 Å². The second-order valence-corrected chi connectivity index (χ2v) is 6.37. The highest BCUT2D eigenvalue weighted by Crippen LogP contribution is 2.25. The lowest BCUT2D eigenvalue weighted by molar-refractivity contribution is 0.0468. The minimum Gasteiger partial charge on any atom is -0.457 e. The van der Waals surface area contributed by atoms with Gasteiger partial charge in [-0.3, -0.25) is 14.5 Å². The Bertz CT molecular complexity index is 1010. The number of hydrogen-bond acceptors (Lipinski definition) is 5. The van der Waals surface area contributed by atoms with Crippen molar-refractivity contribution in [1.82, 2.24) is 4.90 Å². The fourth-order valence-corrected chi connectivity index (χ4v) is 2.92. The number of rotatable bonds is 6. The molecule has 1 aliphatic heterocycles. The molecule has 0 spiro atoms. The van der Waals surface area contributed by atoms with Crippen LogP contribution in [0.4, 0.5) is 4.39 Å². The molecular weight excluding hydrogens is 363 g/mol. The van der Waals surface area contributed by atoms with Gasteiger partial charge in [-0.1, -0.05) is 13.3 Å². The number of ether oxygens (including phenoxy) is 1. The summed E-state index contributed by atoms with van der Waals surface area (Å²) in [5.74, 6) is -2.15. The fourth-order valence-electron chi connectivity index (χ4n) is 2.92. The Kier molecular flexibility index (Phi) is 5.50. The van der Waals surface area contributed by atoms with Crippen LogP contribution in [0.15, 0.2) is 36.4 Å². The largest absolute Gasteiger partial charge is 0.457 e. The zero-order valence-corrected chi connectivity index (χ0v) is 15.2. The third-order valence-electron chi connectivity index (χ3n) is 4.48. The van der Waals surface area contributed by atoms with Gasteiger partial charge >= 0.3 is 5.97 Å². The van der Waals surface area contributed by atoms with Gasteiger partial charge in [-0.2, -0.15) is 5.26 Å². The highest BCUT2D eigenvalue weighted by molar-refractivity contribution is 6.21. The van der Waals surface area contributed by atoms with Crippen molar-refractivity contribution in [2.45, 2.75) is 26.4 Å². The maximum atomic E-state index is 13.8. The first kappa shape index (κ1) is 19.2. The summed E-state index contributed by atoms with van der Waals surface area (Å²) < 4.78 is 18.9. The first-order valence-corrected chi connectivity index (χ1v) is 8.82. The Morgan fingerprint density at radius 3 is 2.61 bits per heavy atom. The number of carbonyl (C=O) groups excluding carboxylic acids is 3. The van der Waals surface area contributed by atoms with Crippen LogP contribution in [0.2, 0.25) is 0 Å². The van der Waals surface area contributed by atoms with Crippen molar-refractivity contribution in [3.8, 4) is 6.07 Å². The maximum absolute atomic E-state index is 13.8. The van der Waals surface area contributed by atoms with Crippen molar-refractivity contribution in [1.29, 1.82) is 5.26 Å². The Morgan fingerprint density at radius 1 is 1.14 bits per heavy atom. The molecule has 0 saturated heterocycles. The van der Waals surface area contributed by atoms with Crippen LogP contribution in [-0.4, -0.2) is 29.2 Å². The van der Waals surface area contributed by atoms with E-state index in [0.29, 0.717) is 13.0 Å². The highest BCUT2D eigenvalue weighted by atomic mass is 19.1. The van der Waals surface area contributed by atoms with Gasteiger partial charge in [0.05, 0.1) is 28.3 Å². The summed E-state index contributed by atoms with van der Waals surface area (Å²) in [6, 6.07) is 9.80. The standard InChI is InChI=1S/C21H17FN2O4/c1-2-3-8-24-19(25)16-6-5-14(10-17(16)20(24)26)21(27)28-12-15-9-13(11-23)4-7-18(15)22/h4-7,9-10H,2-3,8,12H2,1H3. The van der Waals surface area contributed by atoms with Crippen LogP contribution in [0.25, 0.3) is 0 Å². The second-order valence-electron chi connectivity index (χ2n) is 6.37. The van der Waals surface area contributed by atoms with E-state index in [2.05, 4.69) is 0 Å². The van der Waals surface area contributed by atoms with E-state index in [1.165, 1.54) is 35.2 Å². The van der Waals surface area contributed by atoms with E-state index in [-0.39, 0.29) is 40.3 Å². The van der Waals surface area contributed by atoms with Crippen molar-refractivity contribution in [2.24, 2.45) is 0 Å². The van der Waals surface area contributed by atoms with Gasteiger partial charge in [-0.05, 0) is 42.8 Å². The normalized spacial score (nSPS) is 12.7. The first-order chi connectivity index (χ1) is 13.5. The van der Waals surface area contributed by atoms with E-state index >= 15 is 0 Å². The number of amides is 2. The number of carbonyl (C=O) groups is 3. The molecular formula is C21H17FN2O4. The predicted octanol–water partition coefficient (Wildman–Crippen LogP) is 3.45. The number of nitriles is 1. The molecule has 0 aromatic heterocycles. The number of nitrogens with zero attached hydrogens (tertiary/aromatic N) is 2. The van der Waals surface area contributed by atoms with Gasteiger partial charge in [0.1, 0.15) is 12.4 Å². The van der Waals surface area contributed by atoms with Crippen molar-refractivity contribution < 1.29 is 23.5 Å². The van der Waals surface area contributed by atoms with E-state index in [4.69, 9.17) is 10.00 Å². The summed E-state index contributed by atoms with van der Waals surface area (Å²) in [4.78, 5) is 38.3. The van der Waals surface area contributed by atoms with Gasteiger partial charge in [0.2, 0.25) is 0 Å². The van der Waals surface area contributed by atoms with Crippen LogP contribution >= 0.6 is 0 Å². The molecule has 0 bridgehead atoms. The molecule has 0 fully saturated rings. The third-order valence-corrected chi connectivity index (χ3v) is 4.48. The monoisotopic (exact) mass is 380 g/mol. The summed E-state index contributed by atoms with van der Waals surface area (Å²) in [6.07, 6.45) is 1.54. The van der Waals surface area contributed by atoms with Crippen LogP contribution in [0.1, 0.15) is 62.0 Å². The van der Waals surface area contributed by atoms with Gasteiger partial charge in [-0.25, -0.2) is 9.18 Å². The van der Waals surface area contributed by atoms with Crippen molar-refractivity contribution in [2.75, 3.05) is 6.54 Å². The van der Waals surface area contributed by atoms with Crippen LogP contribution in [0.3, 0.4) is 0 Å². The minimum absolute atomic E-state index is 0.0746. The molecule has 7 heteroatoms. The molecule has 0 saturated carbocycles. The van der Waals surface area contributed by atoms with Gasteiger partial charge in [0.15, 0.2) is 0 Å². The topological polar surface area (TPSA) is 87.5 Å². The van der Waals surface area contributed by atoms with Crippen LogP contribution in [0, 0.1) is 17.1 Å². The average molecular weight is 380 g/mol. The summed E-state index contributed by atoms with van der Waals surface area (Å²) in [5.41, 5.74) is 0.833. The van der Waals surface area contributed by atoms with Gasteiger partial charge < -0.3 is 4.74 Å². The smallest absolute Gasteiger partial charge is 0.338 e. The number of fused-ring (bicyclic) bond motifs is 1. The lowest BCUT2D eigenvalue weighted by atomic mass is 10.1. The van der Waals surface area contributed by atoms with Gasteiger partial charge in [-0.15, -0.1) is 0 Å². The van der Waals surface area contributed by atoms with Crippen molar-refractivity contribution in [3.63, 3.8) is 0 Å². The fraction of sp³-hybridized carbons (Fsp3) is 0.238. The molecule has 0 N–H and O–H groups in total. The SMILES string of the molecule is CCCCN1C(=O)c2ccc(C(=O)OCc3cc(C#N)ccc3F)cc2C1=O. The number of benzene rings is 2. The number of imide groups is 1. The third kappa shape index (κ3) is 3.62. The van der Waals surface area contributed by atoms with Crippen LogP contribution < -0.4 is 0 Å². The molecule has 0 aliphatic carbocycles. The number of halogens is 1. The molecule has 2 aromatic rings. The van der Waals surface area contributed by atoms with E-state index in [1.54, 1.807) is 0 Å². The molecule has 0 atom stereocenters. The van der Waals surface area contributed by atoms with Crippen LogP contribution in [0.5, 0.6) is 0 Å². The van der Waals surface area contributed by atoms with E-state index in [0.717, 1.165) is 12.5 Å². The zero-order valence-electron chi connectivity index (χ0n) is 15.2. The van der Waals surface area contributed by atoms with Crippen molar-refractivity contribution in [3.05, 3.63) is 70.0 Å². The average Bonchev–Trinajstić information content (AvgIpc) is 2.95. The molecule has 2 amide bonds. The molecule has 142 valence electrons. The Labute approximate surface area is 161 Å². The summed E-state index contributed by atoms with van der Waals surface area (Å²) in [6.45, 7) is 1.94. The Hall–Kier alpha value is -3.53.